The molecule has 1 saturated heterocycles. The molecule has 2 heterocycles. The highest BCUT2D eigenvalue weighted by Gasteiger charge is 2.21. The number of nitrogens with one attached hydrogen (secondary N) is 2. The molecule has 0 bridgehead atoms. The topological polar surface area (TPSA) is 31.1 Å². The lowest BCUT2D eigenvalue weighted by Crippen LogP contribution is -2.29. The molecule has 0 saturated carbocycles. The Labute approximate surface area is 145 Å². The summed E-state index contributed by atoms with van der Waals surface area (Å²) in [6.45, 7) is 2.23. The number of fused-ring (bicyclic) bond motifs is 1. The average Bonchev–Trinajstić information content (AvgIpc) is 3.02. The summed E-state index contributed by atoms with van der Waals surface area (Å²) in [5, 5.41) is 4.36. The minimum absolute atomic E-state index is 0.537. The van der Waals surface area contributed by atoms with Crippen LogP contribution >= 0.6 is 0 Å². The lowest BCUT2D eigenvalue weighted by atomic mass is 9.89. The van der Waals surface area contributed by atoms with E-state index in [9.17, 15) is 8.78 Å². The number of likely N-dealkylation sites (tertiary alicyclic amines) is 1. The first-order valence-corrected chi connectivity index (χ1v) is 8.62. The van der Waals surface area contributed by atoms with Crippen LogP contribution in [0.4, 0.5) is 20.2 Å². The molecule has 1 aliphatic heterocycles. The normalized spacial score (nSPS) is 16.4. The van der Waals surface area contributed by atoms with E-state index in [0.29, 0.717) is 11.6 Å². The third-order valence-corrected chi connectivity index (χ3v) is 5.08. The van der Waals surface area contributed by atoms with Gasteiger partial charge in [0, 0.05) is 34.5 Å². The van der Waals surface area contributed by atoms with E-state index in [1.165, 1.54) is 23.1 Å². The van der Waals surface area contributed by atoms with Crippen LogP contribution in [0.25, 0.3) is 10.9 Å². The average molecular weight is 341 g/mol. The number of hydrogen-bond donors (Lipinski definition) is 2. The number of hydrogen-bond acceptors (Lipinski definition) is 2. The maximum atomic E-state index is 13.4. The molecule has 0 atom stereocenters. The zero-order valence-corrected chi connectivity index (χ0v) is 14.2. The zero-order chi connectivity index (χ0) is 17.4. The smallest absolute Gasteiger partial charge is 0.160 e. The van der Waals surface area contributed by atoms with Crippen molar-refractivity contribution in [2.24, 2.45) is 0 Å². The van der Waals surface area contributed by atoms with Crippen molar-refractivity contribution in [2.45, 2.75) is 18.8 Å². The van der Waals surface area contributed by atoms with Crippen molar-refractivity contribution in [1.82, 2.24) is 9.88 Å². The van der Waals surface area contributed by atoms with E-state index >= 15 is 0 Å². The van der Waals surface area contributed by atoms with E-state index in [4.69, 9.17) is 0 Å². The molecule has 2 N–H and O–H groups in total. The first-order chi connectivity index (χ1) is 12.1. The largest absolute Gasteiger partial charge is 0.361 e. The Hall–Kier alpha value is -2.40. The van der Waals surface area contributed by atoms with Crippen molar-refractivity contribution in [3.63, 3.8) is 0 Å². The number of aromatic amines is 1. The van der Waals surface area contributed by atoms with Gasteiger partial charge in [-0.1, -0.05) is 0 Å². The first-order valence-electron chi connectivity index (χ1n) is 8.62. The molecule has 25 heavy (non-hydrogen) atoms. The molecule has 0 radical (unpaired) electrons. The van der Waals surface area contributed by atoms with E-state index in [-0.39, 0.29) is 0 Å². The van der Waals surface area contributed by atoms with Gasteiger partial charge in [-0.25, -0.2) is 8.78 Å². The zero-order valence-electron chi connectivity index (χ0n) is 14.2. The molecule has 2 aromatic carbocycles. The third kappa shape index (κ3) is 3.24. The molecule has 4 rings (SSSR count). The molecule has 0 amide bonds. The van der Waals surface area contributed by atoms with Gasteiger partial charge in [0.2, 0.25) is 0 Å². The molecule has 1 fully saturated rings. The Balaban J connectivity index is 1.62. The summed E-state index contributed by atoms with van der Waals surface area (Å²) in [5.74, 6) is -1.13. The summed E-state index contributed by atoms with van der Waals surface area (Å²) in [6.07, 6.45) is 4.43. The van der Waals surface area contributed by atoms with E-state index < -0.39 is 11.6 Å². The molecular formula is C20H21F2N3. The molecular weight excluding hydrogens is 320 g/mol. The summed E-state index contributed by atoms with van der Waals surface area (Å²) >= 11 is 0. The number of nitrogens with zero attached hydrogens (tertiary/aromatic N) is 1. The van der Waals surface area contributed by atoms with E-state index in [0.717, 1.165) is 43.2 Å². The molecule has 3 nitrogen and oxygen atoms in total. The fourth-order valence-corrected chi connectivity index (χ4v) is 3.62. The van der Waals surface area contributed by atoms with Crippen LogP contribution in [0.5, 0.6) is 0 Å². The van der Waals surface area contributed by atoms with Crippen LogP contribution in [0.3, 0.4) is 0 Å². The van der Waals surface area contributed by atoms with Gasteiger partial charge in [0.25, 0.3) is 0 Å². The Kier molecular flexibility index (Phi) is 4.17. The van der Waals surface area contributed by atoms with Crippen LogP contribution in [0.1, 0.15) is 24.3 Å². The Morgan fingerprint density at radius 2 is 1.72 bits per heavy atom. The van der Waals surface area contributed by atoms with Crippen LogP contribution in [0, 0.1) is 11.6 Å². The highest BCUT2D eigenvalue weighted by molar-refractivity contribution is 5.87. The first kappa shape index (κ1) is 16.1. The van der Waals surface area contributed by atoms with Gasteiger partial charge >= 0.3 is 0 Å². The van der Waals surface area contributed by atoms with Crippen LogP contribution in [0.15, 0.2) is 42.6 Å². The van der Waals surface area contributed by atoms with Crippen LogP contribution in [-0.4, -0.2) is 30.0 Å². The second-order valence-corrected chi connectivity index (χ2v) is 6.84. The fraction of sp³-hybridized carbons (Fsp3) is 0.300. The van der Waals surface area contributed by atoms with Crippen molar-refractivity contribution >= 4 is 22.3 Å². The van der Waals surface area contributed by atoms with Gasteiger partial charge < -0.3 is 15.2 Å². The molecule has 0 aliphatic carbocycles. The van der Waals surface area contributed by atoms with Gasteiger partial charge in [-0.2, -0.15) is 0 Å². The quantitative estimate of drug-likeness (QED) is 0.702. The van der Waals surface area contributed by atoms with E-state index in [1.54, 1.807) is 0 Å². The van der Waals surface area contributed by atoms with Crippen molar-refractivity contribution in [3.8, 4) is 0 Å². The number of piperidine rings is 1. The summed E-state index contributed by atoms with van der Waals surface area (Å²) in [4.78, 5) is 5.72. The lowest BCUT2D eigenvalue weighted by molar-refractivity contribution is 0.256. The number of benzene rings is 2. The number of halogens is 2. The second kappa shape index (κ2) is 6.48. The SMILES string of the molecule is CN1CCC(c2c[nH]c3ccc(Nc4ccc(F)c(F)c4)cc23)CC1. The number of H-pyrrole nitrogens is 1. The number of aromatic nitrogens is 1. The van der Waals surface area contributed by atoms with E-state index in [2.05, 4.69) is 34.5 Å². The fourth-order valence-electron chi connectivity index (χ4n) is 3.62. The summed E-state index contributed by atoms with van der Waals surface area (Å²) in [5.41, 5.74) is 3.85. The van der Waals surface area contributed by atoms with Gasteiger partial charge in [-0.05, 0) is 74.8 Å². The molecule has 0 unspecified atom stereocenters. The van der Waals surface area contributed by atoms with Crippen molar-refractivity contribution in [3.05, 3.63) is 59.8 Å². The monoisotopic (exact) mass is 341 g/mol. The lowest BCUT2D eigenvalue weighted by Gasteiger charge is -2.28. The highest BCUT2D eigenvalue weighted by Crippen LogP contribution is 2.34. The molecule has 1 aliphatic rings. The number of anilines is 2. The maximum absolute atomic E-state index is 13.4. The van der Waals surface area contributed by atoms with Crippen molar-refractivity contribution in [2.75, 3.05) is 25.5 Å². The third-order valence-electron chi connectivity index (χ3n) is 5.08. The predicted octanol–water partition coefficient (Wildman–Crippen LogP) is 5.00. The van der Waals surface area contributed by atoms with Crippen molar-refractivity contribution in [1.29, 1.82) is 0 Å². The minimum Gasteiger partial charge on any atom is -0.361 e. The Morgan fingerprint density at radius 1 is 1.00 bits per heavy atom. The second-order valence-electron chi connectivity index (χ2n) is 6.84. The molecule has 3 aromatic rings. The molecule has 5 heteroatoms. The van der Waals surface area contributed by atoms with Crippen molar-refractivity contribution < 1.29 is 8.78 Å². The molecule has 1 aromatic heterocycles. The van der Waals surface area contributed by atoms with Crippen LogP contribution in [0.2, 0.25) is 0 Å². The number of rotatable bonds is 3. The van der Waals surface area contributed by atoms with Crippen LogP contribution in [-0.2, 0) is 0 Å². The molecule has 130 valence electrons. The predicted molar refractivity (Wildman–Crippen MR) is 97.4 cm³/mol. The summed E-state index contributed by atoms with van der Waals surface area (Å²) in [7, 11) is 2.16. The Morgan fingerprint density at radius 3 is 2.48 bits per heavy atom. The van der Waals surface area contributed by atoms with E-state index in [1.807, 2.05) is 12.1 Å². The minimum atomic E-state index is -0.847. The van der Waals surface area contributed by atoms with Gasteiger partial charge in [0.15, 0.2) is 11.6 Å². The standard InChI is InChI=1S/C20H21F2N3/c1-25-8-6-13(7-9-25)17-12-23-20-5-3-14(10-16(17)20)24-15-2-4-18(21)19(22)11-15/h2-5,10-13,23-24H,6-9H2,1H3. The van der Waals surface area contributed by atoms with Gasteiger partial charge in [0.1, 0.15) is 0 Å². The molecule has 0 spiro atoms. The van der Waals surface area contributed by atoms with Crippen LogP contribution < -0.4 is 5.32 Å². The highest BCUT2D eigenvalue weighted by atomic mass is 19.2. The summed E-state index contributed by atoms with van der Waals surface area (Å²) < 4.78 is 26.5. The van der Waals surface area contributed by atoms with Gasteiger partial charge in [-0.3, -0.25) is 0 Å². The van der Waals surface area contributed by atoms with Gasteiger partial charge in [0.05, 0.1) is 0 Å². The Bertz CT molecular complexity index is 895. The van der Waals surface area contributed by atoms with Gasteiger partial charge in [-0.15, -0.1) is 0 Å². The maximum Gasteiger partial charge on any atom is 0.160 e. The summed E-state index contributed by atoms with van der Waals surface area (Å²) in [6, 6.07) is 9.90.